The van der Waals surface area contributed by atoms with Crippen LogP contribution in [0, 0.1) is 5.92 Å². The highest BCUT2D eigenvalue weighted by Crippen LogP contribution is 2.32. The van der Waals surface area contributed by atoms with Crippen molar-refractivity contribution in [1.29, 1.82) is 0 Å². The van der Waals surface area contributed by atoms with Crippen molar-refractivity contribution in [3.63, 3.8) is 0 Å². The molecule has 96 valence electrons. The van der Waals surface area contributed by atoms with Crippen molar-refractivity contribution in [3.8, 4) is 0 Å². The molecule has 0 amide bonds. The fraction of sp³-hybridized carbons (Fsp3) is 0.786. The van der Waals surface area contributed by atoms with Crippen molar-refractivity contribution in [2.24, 2.45) is 5.92 Å². The van der Waals surface area contributed by atoms with Gasteiger partial charge in [-0.05, 0) is 32.2 Å². The first kappa shape index (κ1) is 12.6. The van der Waals surface area contributed by atoms with Crippen LogP contribution >= 0.6 is 0 Å². The zero-order valence-electron chi connectivity index (χ0n) is 11.3. The van der Waals surface area contributed by atoms with E-state index in [1.54, 1.807) is 0 Å². The molecule has 1 fully saturated rings. The van der Waals surface area contributed by atoms with Crippen molar-refractivity contribution in [2.45, 2.75) is 58.0 Å². The van der Waals surface area contributed by atoms with Crippen molar-refractivity contribution in [3.05, 3.63) is 18.0 Å². The van der Waals surface area contributed by atoms with Crippen LogP contribution in [0.5, 0.6) is 0 Å². The molecule has 0 spiro atoms. The second kappa shape index (κ2) is 5.67. The van der Waals surface area contributed by atoms with Crippen LogP contribution in [0.3, 0.4) is 0 Å². The fourth-order valence-corrected chi connectivity index (χ4v) is 2.98. The second-order valence-corrected chi connectivity index (χ2v) is 5.43. The van der Waals surface area contributed by atoms with Crippen LogP contribution in [-0.4, -0.2) is 16.8 Å². The van der Waals surface area contributed by atoms with E-state index < -0.39 is 0 Å². The lowest BCUT2D eigenvalue weighted by Crippen LogP contribution is -2.18. The summed E-state index contributed by atoms with van der Waals surface area (Å²) in [5.41, 5.74) is 1.33. The molecule has 1 heterocycles. The molecule has 0 radical (unpaired) electrons. The Morgan fingerprint density at radius 3 is 3.00 bits per heavy atom. The molecule has 3 heteroatoms. The van der Waals surface area contributed by atoms with Crippen molar-refractivity contribution < 1.29 is 0 Å². The normalized spacial score (nSPS) is 27.0. The van der Waals surface area contributed by atoms with Gasteiger partial charge in [-0.1, -0.05) is 26.7 Å². The Morgan fingerprint density at radius 1 is 1.53 bits per heavy atom. The Labute approximate surface area is 105 Å². The molecule has 1 aliphatic rings. The zero-order chi connectivity index (χ0) is 12.3. The quantitative estimate of drug-likeness (QED) is 0.867. The highest BCUT2D eigenvalue weighted by Gasteiger charge is 2.21. The molecule has 0 aromatic carbocycles. The third-order valence-electron chi connectivity index (χ3n) is 4.06. The maximum absolute atomic E-state index is 4.57. The maximum atomic E-state index is 4.57. The van der Waals surface area contributed by atoms with E-state index in [1.165, 1.54) is 31.2 Å². The summed E-state index contributed by atoms with van der Waals surface area (Å²) in [5, 5.41) is 7.91. The van der Waals surface area contributed by atoms with Crippen LogP contribution in [0.2, 0.25) is 0 Å². The molecule has 3 nitrogen and oxygen atoms in total. The number of hydrogen-bond donors (Lipinski definition) is 1. The summed E-state index contributed by atoms with van der Waals surface area (Å²) in [6, 6.07) is 1.08. The number of nitrogens with zero attached hydrogens (tertiary/aromatic N) is 2. The summed E-state index contributed by atoms with van der Waals surface area (Å²) >= 11 is 0. The van der Waals surface area contributed by atoms with Crippen LogP contribution in [0.4, 0.5) is 0 Å². The predicted molar refractivity (Wildman–Crippen MR) is 71.0 cm³/mol. The standard InChI is InChI=1S/C14H25N3/c1-4-14(15-3)12-9-16-17(10-12)13-7-5-6-11(2)8-13/h9-11,13-15H,4-8H2,1-3H3. The minimum absolute atomic E-state index is 0.449. The van der Waals surface area contributed by atoms with Gasteiger partial charge in [0.15, 0.2) is 0 Å². The Kier molecular flexibility index (Phi) is 4.21. The van der Waals surface area contributed by atoms with E-state index in [2.05, 4.69) is 35.1 Å². The molecule has 3 unspecified atom stereocenters. The lowest BCUT2D eigenvalue weighted by Gasteiger charge is -2.26. The van der Waals surface area contributed by atoms with Crippen LogP contribution < -0.4 is 5.32 Å². The second-order valence-electron chi connectivity index (χ2n) is 5.43. The summed E-state index contributed by atoms with van der Waals surface area (Å²) < 4.78 is 2.20. The van der Waals surface area contributed by atoms with Gasteiger partial charge in [0, 0.05) is 17.8 Å². The van der Waals surface area contributed by atoms with Crippen molar-refractivity contribution in [1.82, 2.24) is 15.1 Å². The van der Waals surface area contributed by atoms with Gasteiger partial charge in [-0.3, -0.25) is 4.68 Å². The first-order chi connectivity index (χ1) is 8.24. The van der Waals surface area contributed by atoms with Gasteiger partial charge in [-0.25, -0.2) is 0 Å². The van der Waals surface area contributed by atoms with Crippen molar-refractivity contribution in [2.75, 3.05) is 7.05 Å². The first-order valence-electron chi connectivity index (χ1n) is 6.95. The molecule has 2 rings (SSSR count). The molecule has 0 aliphatic heterocycles. The Morgan fingerprint density at radius 2 is 2.35 bits per heavy atom. The summed E-state index contributed by atoms with van der Waals surface area (Å²) in [6.07, 6.45) is 10.7. The highest BCUT2D eigenvalue weighted by atomic mass is 15.3. The van der Waals surface area contributed by atoms with Crippen LogP contribution in [0.25, 0.3) is 0 Å². The monoisotopic (exact) mass is 235 g/mol. The van der Waals surface area contributed by atoms with E-state index in [9.17, 15) is 0 Å². The molecule has 1 saturated carbocycles. The van der Waals surface area contributed by atoms with Gasteiger partial charge in [0.05, 0.1) is 12.2 Å². The number of hydrogen-bond acceptors (Lipinski definition) is 2. The van der Waals surface area contributed by atoms with Gasteiger partial charge >= 0.3 is 0 Å². The van der Waals surface area contributed by atoms with Gasteiger partial charge in [0.1, 0.15) is 0 Å². The van der Waals surface area contributed by atoms with E-state index >= 15 is 0 Å². The smallest absolute Gasteiger partial charge is 0.0537 e. The van der Waals surface area contributed by atoms with Crippen molar-refractivity contribution >= 4 is 0 Å². The Hall–Kier alpha value is -0.830. The molecule has 17 heavy (non-hydrogen) atoms. The lowest BCUT2D eigenvalue weighted by atomic mass is 9.87. The van der Waals surface area contributed by atoms with E-state index in [1.807, 2.05) is 13.2 Å². The molecule has 0 bridgehead atoms. The molecular formula is C14H25N3. The number of nitrogens with one attached hydrogen (secondary N) is 1. The number of rotatable bonds is 4. The van der Waals surface area contributed by atoms with Crippen LogP contribution in [0.1, 0.15) is 63.6 Å². The summed E-state index contributed by atoms with van der Waals surface area (Å²) in [5.74, 6) is 0.854. The highest BCUT2D eigenvalue weighted by molar-refractivity contribution is 5.10. The van der Waals surface area contributed by atoms with E-state index in [4.69, 9.17) is 0 Å². The van der Waals surface area contributed by atoms with E-state index in [-0.39, 0.29) is 0 Å². The van der Waals surface area contributed by atoms with Gasteiger partial charge < -0.3 is 5.32 Å². The summed E-state index contributed by atoms with van der Waals surface area (Å²) in [6.45, 7) is 4.57. The molecule has 1 N–H and O–H groups in total. The largest absolute Gasteiger partial charge is 0.313 e. The van der Waals surface area contributed by atoms with Gasteiger partial charge in [-0.2, -0.15) is 5.10 Å². The maximum Gasteiger partial charge on any atom is 0.0537 e. The molecule has 0 saturated heterocycles. The third-order valence-corrected chi connectivity index (χ3v) is 4.06. The SMILES string of the molecule is CCC(NC)c1cnn(C2CCCC(C)C2)c1. The summed E-state index contributed by atoms with van der Waals surface area (Å²) in [4.78, 5) is 0. The van der Waals surface area contributed by atoms with E-state index in [0.29, 0.717) is 12.1 Å². The van der Waals surface area contributed by atoms with Gasteiger partial charge in [0.2, 0.25) is 0 Å². The molecule has 1 aromatic rings. The Bertz CT molecular complexity index is 341. The minimum atomic E-state index is 0.449. The first-order valence-corrected chi connectivity index (χ1v) is 6.95. The third kappa shape index (κ3) is 2.89. The number of aromatic nitrogens is 2. The average molecular weight is 235 g/mol. The minimum Gasteiger partial charge on any atom is -0.313 e. The van der Waals surface area contributed by atoms with Gasteiger partial charge in [0.25, 0.3) is 0 Å². The average Bonchev–Trinajstić information content (AvgIpc) is 2.80. The topological polar surface area (TPSA) is 29.9 Å². The zero-order valence-corrected chi connectivity index (χ0v) is 11.3. The van der Waals surface area contributed by atoms with Crippen LogP contribution in [0.15, 0.2) is 12.4 Å². The lowest BCUT2D eigenvalue weighted by molar-refractivity contribution is 0.266. The summed E-state index contributed by atoms with van der Waals surface area (Å²) in [7, 11) is 2.02. The molecule has 1 aromatic heterocycles. The van der Waals surface area contributed by atoms with Gasteiger partial charge in [-0.15, -0.1) is 0 Å². The predicted octanol–water partition coefficient (Wildman–Crippen LogP) is 3.30. The molecule has 3 atom stereocenters. The fourth-order valence-electron chi connectivity index (χ4n) is 2.98. The Balaban J connectivity index is 2.06. The van der Waals surface area contributed by atoms with Crippen LogP contribution in [-0.2, 0) is 0 Å². The molecular weight excluding hydrogens is 210 g/mol. The van der Waals surface area contributed by atoms with E-state index in [0.717, 1.165) is 12.3 Å². The molecule has 1 aliphatic carbocycles.